The van der Waals surface area contributed by atoms with Crippen molar-refractivity contribution in [1.29, 1.82) is 0 Å². The first kappa shape index (κ1) is 20.3. The Balaban J connectivity index is 1.56. The Bertz CT molecular complexity index is 1220. The van der Waals surface area contributed by atoms with Gasteiger partial charge in [0.05, 0.1) is 5.52 Å². The van der Waals surface area contributed by atoms with Crippen LogP contribution in [0.5, 0.6) is 0 Å². The molecule has 3 heterocycles. The lowest BCUT2D eigenvalue weighted by Gasteiger charge is -2.36. The number of carbonyl (C=O) groups excluding carboxylic acids is 1. The van der Waals surface area contributed by atoms with Crippen LogP contribution >= 0.6 is 11.5 Å². The van der Waals surface area contributed by atoms with E-state index in [2.05, 4.69) is 46.3 Å². The van der Waals surface area contributed by atoms with Crippen molar-refractivity contribution in [2.45, 2.75) is 33.7 Å². The Kier molecular flexibility index (Phi) is 5.46. The van der Waals surface area contributed by atoms with Crippen molar-refractivity contribution < 1.29 is 4.79 Å². The number of nitrogens with one attached hydrogen (secondary N) is 1. The molecule has 9 heteroatoms. The number of amides is 1. The van der Waals surface area contributed by atoms with E-state index in [-0.39, 0.29) is 16.9 Å². The van der Waals surface area contributed by atoms with Crippen molar-refractivity contribution in [3.63, 3.8) is 0 Å². The Morgan fingerprint density at radius 3 is 2.60 bits per heavy atom. The molecule has 1 amide bonds. The third-order valence-electron chi connectivity index (χ3n) is 5.53. The molecule has 158 valence electrons. The molecule has 0 bridgehead atoms. The number of rotatable bonds is 4. The average Bonchev–Trinajstić information content (AvgIpc) is 3.16. The molecule has 0 atom stereocenters. The minimum Gasteiger partial charge on any atom is -0.368 e. The third-order valence-corrected chi connectivity index (χ3v) is 6.37. The van der Waals surface area contributed by atoms with Gasteiger partial charge in [-0.05, 0) is 49.0 Å². The molecule has 1 saturated heterocycles. The summed E-state index contributed by atoms with van der Waals surface area (Å²) in [5.41, 5.74) is 3.10. The molecule has 30 heavy (non-hydrogen) atoms. The van der Waals surface area contributed by atoms with Crippen LogP contribution in [0.25, 0.3) is 11.0 Å². The number of piperazine rings is 1. The zero-order valence-electron chi connectivity index (χ0n) is 17.4. The number of benzene rings is 1. The fourth-order valence-electron chi connectivity index (χ4n) is 3.87. The maximum atomic E-state index is 13.1. The summed E-state index contributed by atoms with van der Waals surface area (Å²) in [6.07, 6.45) is 0.662. The van der Waals surface area contributed by atoms with Gasteiger partial charge in [0.15, 0.2) is 5.52 Å². The largest absolute Gasteiger partial charge is 0.368 e. The van der Waals surface area contributed by atoms with Crippen LogP contribution in [-0.2, 0) is 6.54 Å². The van der Waals surface area contributed by atoms with Crippen LogP contribution < -0.4 is 16.1 Å². The second-order valence-corrected chi connectivity index (χ2v) is 8.46. The maximum Gasteiger partial charge on any atom is 0.328 e. The van der Waals surface area contributed by atoms with E-state index >= 15 is 0 Å². The van der Waals surface area contributed by atoms with Crippen LogP contribution in [0.4, 0.5) is 5.69 Å². The number of H-pyrrole nitrogens is 1. The van der Waals surface area contributed by atoms with E-state index in [1.807, 2.05) is 6.92 Å². The molecule has 1 fully saturated rings. The molecule has 0 saturated carbocycles. The van der Waals surface area contributed by atoms with Crippen LogP contribution in [0.2, 0.25) is 0 Å². The fourth-order valence-corrected chi connectivity index (χ4v) is 4.67. The van der Waals surface area contributed by atoms with E-state index in [1.165, 1.54) is 16.8 Å². The predicted octanol–water partition coefficient (Wildman–Crippen LogP) is 2.14. The highest BCUT2D eigenvalue weighted by molar-refractivity contribution is 7.09. The van der Waals surface area contributed by atoms with Gasteiger partial charge in [-0.2, -0.15) is 4.37 Å². The molecule has 0 aliphatic carbocycles. The monoisotopic (exact) mass is 427 g/mol. The summed E-state index contributed by atoms with van der Waals surface area (Å²) < 4.78 is 5.32. The van der Waals surface area contributed by atoms with Gasteiger partial charge in [-0.25, -0.2) is 4.79 Å². The highest BCUT2D eigenvalue weighted by atomic mass is 32.1. The minimum absolute atomic E-state index is 0.158. The van der Waals surface area contributed by atoms with E-state index in [4.69, 9.17) is 0 Å². The van der Waals surface area contributed by atoms with Gasteiger partial charge < -0.3 is 14.8 Å². The lowest BCUT2D eigenvalue weighted by Crippen LogP contribution is -2.49. The van der Waals surface area contributed by atoms with Gasteiger partial charge in [0.25, 0.3) is 11.5 Å². The quantitative estimate of drug-likeness (QED) is 0.689. The second-order valence-electron chi connectivity index (χ2n) is 7.69. The van der Waals surface area contributed by atoms with E-state index in [9.17, 15) is 14.4 Å². The number of hydrogen-bond acceptors (Lipinski definition) is 6. The van der Waals surface area contributed by atoms with Gasteiger partial charge in [0.2, 0.25) is 0 Å². The zero-order chi connectivity index (χ0) is 21.4. The number of aromatic amines is 1. The van der Waals surface area contributed by atoms with Crippen LogP contribution in [0.3, 0.4) is 0 Å². The Hall–Kier alpha value is -2.94. The van der Waals surface area contributed by atoms with Gasteiger partial charge in [-0.15, -0.1) is 0 Å². The zero-order valence-corrected chi connectivity index (χ0v) is 18.2. The highest BCUT2D eigenvalue weighted by Gasteiger charge is 2.27. The van der Waals surface area contributed by atoms with E-state index < -0.39 is 11.2 Å². The first-order valence-electron chi connectivity index (χ1n) is 10.1. The maximum absolute atomic E-state index is 13.1. The van der Waals surface area contributed by atoms with Crippen molar-refractivity contribution in [3.8, 4) is 0 Å². The summed E-state index contributed by atoms with van der Waals surface area (Å²) in [6, 6.07) is 6.39. The van der Waals surface area contributed by atoms with Crippen LogP contribution in [0, 0.1) is 13.8 Å². The molecule has 3 aromatic rings. The molecule has 4 rings (SSSR count). The molecule has 1 aliphatic rings. The Labute approximate surface area is 177 Å². The molecular weight excluding hydrogens is 402 g/mol. The van der Waals surface area contributed by atoms with E-state index in [0.29, 0.717) is 30.9 Å². The van der Waals surface area contributed by atoms with E-state index in [1.54, 1.807) is 4.90 Å². The summed E-state index contributed by atoms with van der Waals surface area (Å²) in [5, 5.41) is 0. The number of aromatic nitrogens is 3. The molecule has 1 aliphatic heterocycles. The third kappa shape index (κ3) is 3.54. The summed E-state index contributed by atoms with van der Waals surface area (Å²) in [6.45, 7) is 8.99. The topological polar surface area (TPSA) is 91.3 Å². The van der Waals surface area contributed by atoms with Gasteiger partial charge >= 0.3 is 5.69 Å². The number of hydrogen-bond donors (Lipinski definition) is 1. The first-order valence-corrected chi connectivity index (χ1v) is 10.9. The highest BCUT2D eigenvalue weighted by Crippen LogP contribution is 2.24. The number of carbonyl (C=O) groups is 1. The summed E-state index contributed by atoms with van der Waals surface area (Å²) in [4.78, 5) is 45.1. The standard InChI is InChI=1S/C21H25N5O3S/c1-4-7-26-19(27)17-16(22-21(26)29)18(30-23-17)20(28)25-10-8-24(9-11-25)15-12-13(2)5-6-14(15)3/h5-6,12H,4,7-11H2,1-3H3,(H,22,29). The van der Waals surface area contributed by atoms with Crippen LogP contribution in [0.15, 0.2) is 27.8 Å². The summed E-state index contributed by atoms with van der Waals surface area (Å²) >= 11 is 0.978. The van der Waals surface area contributed by atoms with Gasteiger partial charge in [-0.3, -0.25) is 14.2 Å². The Morgan fingerprint density at radius 2 is 1.90 bits per heavy atom. The molecule has 0 unspecified atom stereocenters. The lowest BCUT2D eigenvalue weighted by atomic mass is 10.1. The molecule has 8 nitrogen and oxygen atoms in total. The fraction of sp³-hybridized carbons (Fsp3) is 0.429. The summed E-state index contributed by atoms with van der Waals surface area (Å²) in [5.74, 6) is -0.189. The number of aryl methyl sites for hydroxylation is 2. The van der Waals surface area contributed by atoms with Crippen LogP contribution in [-0.4, -0.2) is 50.9 Å². The van der Waals surface area contributed by atoms with Crippen molar-refractivity contribution in [1.82, 2.24) is 18.8 Å². The smallest absolute Gasteiger partial charge is 0.328 e. The Morgan fingerprint density at radius 1 is 1.17 bits per heavy atom. The van der Waals surface area contributed by atoms with Crippen molar-refractivity contribution in [2.75, 3.05) is 31.1 Å². The van der Waals surface area contributed by atoms with Gasteiger partial charge in [-0.1, -0.05) is 19.1 Å². The minimum atomic E-state index is -0.497. The number of nitrogens with zero attached hydrogens (tertiary/aromatic N) is 4. The second kappa shape index (κ2) is 8.06. The van der Waals surface area contributed by atoms with E-state index in [0.717, 1.165) is 29.2 Å². The van der Waals surface area contributed by atoms with Crippen molar-refractivity contribution in [2.24, 2.45) is 0 Å². The summed E-state index contributed by atoms with van der Waals surface area (Å²) in [7, 11) is 0. The average molecular weight is 428 g/mol. The molecular formula is C21H25N5O3S. The number of anilines is 1. The van der Waals surface area contributed by atoms with Crippen molar-refractivity contribution in [3.05, 3.63) is 55.0 Å². The van der Waals surface area contributed by atoms with Crippen LogP contribution in [0.1, 0.15) is 34.1 Å². The molecule has 1 N–H and O–H groups in total. The lowest BCUT2D eigenvalue weighted by molar-refractivity contribution is 0.0753. The predicted molar refractivity (Wildman–Crippen MR) is 119 cm³/mol. The SMILES string of the molecule is CCCn1c(=O)[nH]c2c(C(=O)N3CCN(c4cc(C)ccc4C)CC3)snc2c1=O. The molecule has 2 aromatic heterocycles. The first-order chi connectivity index (χ1) is 14.4. The normalized spacial score (nSPS) is 14.5. The van der Waals surface area contributed by atoms with Crippen molar-refractivity contribution >= 4 is 34.2 Å². The molecule has 0 spiro atoms. The number of fused-ring (bicyclic) bond motifs is 1. The molecule has 0 radical (unpaired) electrons. The molecule has 1 aromatic carbocycles. The van der Waals surface area contributed by atoms with Gasteiger partial charge in [0.1, 0.15) is 4.88 Å². The van der Waals surface area contributed by atoms with Gasteiger partial charge in [0, 0.05) is 38.4 Å².